The van der Waals surface area contributed by atoms with Crippen LogP contribution in [0.3, 0.4) is 0 Å². The Hall–Kier alpha value is -1.09. The SMILES string of the molecule is COc1ccnc([C@@H]2CCCCN2)c1. The summed E-state index contributed by atoms with van der Waals surface area (Å²) in [7, 11) is 1.69. The van der Waals surface area contributed by atoms with Crippen LogP contribution in [0.1, 0.15) is 31.0 Å². The van der Waals surface area contributed by atoms with E-state index >= 15 is 0 Å². The molecule has 1 aliphatic rings. The van der Waals surface area contributed by atoms with Crippen LogP contribution in [-0.4, -0.2) is 18.6 Å². The lowest BCUT2D eigenvalue weighted by molar-refractivity contribution is 0.394. The second-order valence-corrected chi connectivity index (χ2v) is 3.62. The monoisotopic (exact) mass is 192 g/mol. The molecule has 0 amide bonds. The van der Waals surface area contributed by atoms with Gasteiger partial charge in [-0.05, 0) is 25.5 Å². The molecule has 0 unspecified atom stereocenters. The summed E-state index contributed by atoms with van der Waals surface area (Å²) in [4.78, 5) is 4.37. The Labute approximate surface area is 84.5 Å². The van der Waals surface area contributed by atoms with Gasteiger partial charge in [0.15, 0.2) is 0 Å². The second kappa shape index (κ2) is 4.42. The molecule has 3 heteroatoms. The largest absolute Gasteiger partial charge is 0.497 e. The highest BCUT2D eigenvalue weighted by atomic mass is 16.5. The lowest BCUT2D eigenvalue weighted by Crippen LogP contribution is -2.27. The minimum absolute atomic E-state index is 0.416. The van der Waals surface area contributed by atoms with Crippen molar-refractivity contribution in [2.45, 2.75) is 25.3 Å². The Morgan fingerprint density at radius 1 is 1.50 bits per heavy atom. The lowest BCUT2D eigenvalue weighted by atomic mass is 10.0. The first-order chi connectivity index (χ1) is 6.90. The van der Waals surface area contributed by atoms with Gasteiger partial charge in [-0.3, -0.25) is 4.98 Å². The highest BCUT2D eigenvalue weighted by Crippen LogP contribution is 2.23. The average Bonchev–Trinajstić information content (AvgIpc) is 2.30. The fraction of sp³-hybridized carbons (Fsp3) is 0.545. The summed E-state index contributed by atoms with van der Waals surface area (Å²) in [6.45, 7) is 1.10. The third-order valence-electron chi connectivity index (χ3n) is 2.66. The van der Waals surface area contributed by atoms with E-state index in [0.29, 0.717) is 6.04 Å². The zero-order chi connectivity index (χ0) is 9.80. The van der Waals surface area contributed by atoms with Crippen molar-refractivity contribution in [1.82, 2.24) is 10.3 Å². The van der Waals surface area contributed by atoms with E-state index in [1.165, 1.54) is 19.3 Å². The average molecular weight is 192 g/mol. The molecule has 14 heavy (non-hydrogen) atoms. The summed E-state index contributed by atoms with van der Waals surface area (Å²) in [5, 5.41) is 3.47. The summed E-state index contributed by atoms with van der Waals surface area (Å²) in [6.07, 6.45) is 5.56. The Morgan fingerprint density at radius 2 is 2.43 bits per heavy atom. The summed E-state index contributed by atoms with van der Waals surface area (Å²) >= 11 is 0. The maximum Gasteiger partial charge on any atom is 0.122 e. The highest BCUT2D eigenvalue weighted by Gasteiger charge is 2.15. The smallest absolute Gasteiger partial charge is 0.122 e. The molecule has 0 spiro atoms. The lowest BCUT2D eigenvalue weighted by Gasteiger charge is -2.22. The fourth-order valence-corrected chi connectivity index (χ4v) is 1.85. The van der Waals surface area contributed by atoms with Crippen LogP contribution in [-0.2, 0) is 0 Å². The van der Waals surface area contributed by atoms with E-state index in [1.807, 2.05) is 18.3 Å². The molecular formula is C11H16N2O. The molecule has 1 aromatic rings. The van der Waals surface area contributed by atoms with Gasteiger partial charge < -0.3 is 10.1 Å². The van der Waals surface area contributed by atoms with Gasteiger partial charge in [-0.15, -0.1) is 0 Å². The van der Waals surface area contributed by atoms with Crippen molar-refractivity contribution in [2.75, 3.05) is 13.7 Å². The Kier molecular flexibility index (Phi) is 2.99. The summed E-state index contributed by atoms with van der Waals surface area (Å²) in [5.74, 6) is 0.891. The molecular weight excluding hydrogens is 176 g/mol. The molecule has 0 radical (unpaired) electrons. The Morgan fingerprint density at radius 3 is 3.14 bits per heavy atom. The van der Waals surface area contributed by atoms with Gasteiger partial charge in [-0.2, -0.15) is 0 Å². The van der Waals surface area contributed by atoms with E-state index in [4.69, 9.17) is 4.74 Å². The third-order valence-corrected chi connectivity index (χ3v) is 2.66. The summed E-state index contributed by atoms with van der Waals surface area (Å²) in [6, 6.07) is 4.31. The zero-order valence-corrected chi connectivity index (χ0v) is 8.49. The van der Waals surface area contributed by atoms with E-state index in [9.17, 15) is 0 Å². The quantitative estimate of drug-likeness (QED) is 0.777. The molecule has 76 valence electrons. The first-order valence-corrected chi connectivity index (χ1v) is 5.13. The molecule has 2 heterocycles. The number of hydrogen-bond acceptors (Lipinski definition) is 3. The van der Waals surface area contributed by atoms with Crippen molar-refractivity contribution in [3.63, 3.8) is 0 Å². The van der Waals surface area contributed by atoms with Gasteiger partial charge in [0.25, 0.3) is 0 Å². The minimum Gasteiger partial charge on any atom is -0.497 e. The second-order valence-electron chi connectivity index (χ2n) is 3.62. The van der Waals surface area contributed by atoms with Crippen LogP contribution in [0.15, 0.2) is 18.3 Å². The van der Waals surface area contributed by atoms with E-state index < -0.39 is 0 Å². The molecule has 1 atom stereocenters. The summed E-state index contributed by atoms with van der Waals surface area (Å²) < 4.78 is 5.18. The standard InChI is InChI=1S/C11H16N2O/c1-14-9-5-7-13-11(8-9)10-4-2-3-6-12-10/h5,7-8,10,12H,2-4,6H2,1H3/t10-/m0/s1. The maximum atomic E-state index is 5.18. The minimum atomic E-state index is 0.416. The van der Waals surface area contributed by atoms with E-state index in [0.717, 1.165) is 18.0 Å². The number of piperidine rings is 1. The molecule has 0 bridgehead atoms. The van der Waals surface area contributed by atoms with Crippen molar-refractivity contribution >= 4 is 0 Å². The van der Waals surface area contributed by atoms with Crippen LogP contribution in [0.4, 0.5) is 0 Å². The first kappa shape index (κ1) is 9.46. The van der Waals surface area contributed by atoms with Crippen LogP contribution in [0.5, 0.6) is 5.75 Å². The van der Waals surface area contributed by atoms with Crippen LogP contribution >= 0.6 is 0 Å². The number of nitrogens with zero attached hydrogens (tertiary/aromatic N) is 1. The van der Waals surface area contributed by atoms with Gasteiger partial charge in [0, 0.05) is 18.3 Å². The predicted octanol–water partition coefficient (Wildman–Crippen LogP) is 1.90. The van der Waals surface area contributed by atoms with Crippen molar-refractivity contribution in [3.05, 3.63) is 24.0 Å². The van der Waals surface area contributed by atoms with Crippen LogP contribution in [0.2, 0.25) is 0 Å². The molecule has 0 aliphatic carbocycles. The van der Waals surface area contributed by atoms with Gasteiger partial charge in [0.05, 0.1) is 12.8 Å². The third kappa shape index (κ3) is 2.04. The number of methoxy groups -OCH3 is 1. The van der Waals surface area contributed by atoms with Crippen LogP contribution in [0, 0.1) is 0 Å². The Bertz CT molecular complexity index is 295. The van der Waals surface area contributed by atoms with Gasteiger partial charge in [0.1, 0.15) is 5.75 Å². The molecule has 1 aromatic heterocycles. The van der Waals surface area contributed by atoms with E-state index in [2.05, 4.69) is 10.3 Å². The van der Waals surface area contributed by atoms with Gasteiger partial charge >= 0.3 is 0 Å². The highest BCUT2D eigenvalue weighted by molar-refractivity contribution is 5.24. The van der Waals surface area contributed by atoms with Crippen molar-refractivity contribution in [1.29, 1.82) is 0 Å². The number of hydrogen-bond donors (Lipinski definition) is 1. The molecule has 1 N–H and O–H groups in total. The van der Waals surface area contributed by atoms with Crippen LogP contribution < -0.4 is 10.1 Å². The molecule has 1 saturated heterocycles. The molecule has 0 saturated carbocycles. The number of nitrogens with one attached hydrogen (secondary N) is 1. The molecule has 1 aliphatic heterocycles. The molecule has 0 aromatic carbocycles. The van der Waals surface area contributed by atoms with Gasteiger partial charge in [-0.1, -0.05) is 6.42 Å². The van der Waals surface area contributed by atoms with Crippen molar-refractivity contribution in [3.8, 4) is 5.75 Å². The number of aromatic nitrogens is 1. The van der Waals surface area contributed by atoms with Crippen LogP contribution in [0.25, 0.3) is 0 Å². The number of ether oxygens (including phenoxy) is 1. The van der Waals surface area contributed by atoms with Gasteiger partial charge in [-0.25, -0.2) is 0 Å². The normalized spacial score (nSPS) is 21.9. The molecule has 2 rings (SSSR count). The van der Waals surface area contributed by atoms with Crippen molar-refractivity contribution < 1.29 is 4.74 Å². The molecule has 3 nitrogen and oxygen atoms in total. The Balaban J connectivity index is 2.13. The molecule has 1 fully saturated rings. The zero-order valence-electron chi connectivity index (χ0n) is 8.49. The fourth-order valence-electron chi connectivity index (χ4n) is 1.85. The number of rotatable bonds is 2. The van der Waals surface area contributed by atoms with E-state index in [-0.39, 0.29) is 0 Å². The maximum absolute atomic E-state index is 5.18. The topological polar surface area (TPSA) is 34.1 Å². The number of pyridine rings is 1. The van der Waals surface area contributed by atoms with Gasteiger partial charge in [0.2, 0.25) is 0 Å². The van der Waals surface area contributed by atoms with E-state index in [1.54, 1.807) is 7.11 Å². The summed E-state index contributed by atoms with van der Waals surface area (Å²) in [5.41, 5.74) is 1.10. The van der Waals surface area contributed by atoms with Crippen molar-refractivity contribution in [2.24, 2.45) is 0 Å². The predicted molar refractivity (Wildman–Crippen MR) is 55.4 cm³/mol. The first-order valence-electron chi connectivity index (χ1n) is 5.13.